The molecule has 1 aliphatic heterocycles. The third kappa shape index (κ3) is 3.93. The number of fused-ring (bicyclic) bond motifs is 1. The van der Waals surface area contributed by atoms with Gasteiger partial charge in [-0.25, -0.2) is 14.8 Å². The van der Waals surface area contributed by atoms with E-state index in [0.29, 0.717) is 19.6 Å². The van der Waals surface area contributed by atoms with Crippen LogP contribution in [0, 0.1) is 0 Å². The van der Waals surface area contributed by atoms with E-state index in [1.54, 1.807) is 6.20 Å². The molecular formula is C21H25N5O2. The van der Waals surface area contributed by atoms with Crippen molar-refractivity contribution in [2.75, 3.05) is 32.1 Å². The summed E-state index contributed by atoms with van der Waals surface area (Å²) in [5, 5.41) is 3.01. The topological polar surface area (TPSA) is 74.5 Å². The van der Waals surface area contributed by atoms with Crippen molar-refractivity contribution in [3.05, 3.63) is 54.0 Å². The van der Waals surface area contributed by atoms with E-state index in [4.69, 9.17) is 4.42 Å². The molecule has 3 heterocycles. The number of amides is 2. The van der Waals surface area contributed by atoms with Crippen LogP contribution in [0.2, 0.25) is 0 Å². The Morgan fingerprint density at radius 1 is 1.25 bits per heavy atom. The van der Waals surface area contributed by atoms with Gasteiger partial charge in [0, 0.05) is 45.8 Å². The molecule has 0 unspecified atom stereocenters. The Balaban J connectivity index is 1.31. The van der Waals surface area contributed by atoms with E-state index < -0.39 is 0 Å². The van der Waals surface area contributed by atoms with Crippen LogP contribution in [0.4, 0.5) is 10.6 Å². The van der Waals surface area contributed by atoms with E-state index in [1.807, 2.05) is 60.3 Å². The molecule has 1 aromatic carbocycles. The number of likely N-dealkylation sites (tertiary alicyclic amines) is 1. The maximum absolute atomic E-state index is 12.5. The second-order valence-corrected chi connectivity index (χ2v) is 7.36. The summed E-state index contributed by atoms with van der Waals surface area (Å²) in [6.07, 6.45) is 3.49. The smallest absolute Gasteiger partial charge is 0.317 e. The Morgan fingerprint density at radius 2 is 2.04 bits per heavy atom. The number of carbonyl (C=O) groups is 1. The summed E-state index contributed by atoms with van der Waals surface area (Å²) in [5.41, 5.74) is 2.76. The minimum absolute atomic E-state index is 0.0285. The van der Waals surface area contributed by atoms with E-state index in [1.165, 1.54) is 0 Å². The van der Waals surface area contributed by atoms with E-state index in [9.17, 15) is 4.79 Å². The molecule has 2 amide bonds. The van der Waals surface area contributed by atoms with Crippen molar-refractivity contribution in [3.63, 3.8) is 0 Å². The fourth-order valence-electron chi connectivity index (χ4n) is 3.50. The SMILES string of the molecule is CN(C)c1cc(CNC(=O)N2CCC(c3nc4ccccc4o3)CC2)ccn1. The number of pyridine rings is 1. The van der Waals surface area contributed by atoms with Crippen LogP contribution in [0.3, 0.4) is 0 Å². The average molecular weight is 379 g/mol. The molecule has 0 saturated carbocycles. The Bertz CT molecular complexity index is 927. The quantitative estimate of drug-likeness (QED) is 0.752. The number of rotatable bonds is 4. The second-order valence-electron chi connectivity index (χ2n) is 7.36. The summed E-state index contributed by atoms with van der Waals surface area (Å²) in [7, 11) is 3.90. The molecule has 1 saturated heterocycles. The number of hydrogen-bond donors (Lipinski definition) is 1. The molecule has 1 fully saturated rings. The highest BCUT2D eigenvalue weighted by Gasteiger charge is 2.27. The lowest BCUT2D eigenvalue weighted by Gasteiger charge is -2.30. The van der Waals surface area contributed by atoms with Crippen molar-refractivity contribution in [2.45, 2.75) is 25.3 Å². The number of aromatic nitrogens is 2. The van der Waals surface area contributed by atoms with Gasteiger partial charge < -0.3 is 19.5 Å². The normalized spacial score (nSPS) is 15.0. The number of para-hydroxylation sites is 2. The summed E-state index contributed by atoms with van der Waals surface area (Å²) in [5.74, 6) is 1.93. The first-order valence-electron chi connectivity index (χ1n) is 9.60. The highest BCUT2D eigenvalue weighted by molar-refractivity contribution is 5.74. The summed E-state index contributed by atoms with van der Waals surface area (Å²) in [6, 6.07) is 11.7. The molecular weight excluding hydrogens is 354 g/mol. The van der Waals surface area contributed by atoms with Gasteiger partial charge in [0.25, 0.3) is 0 Å². The third-order valence-electron chi connectivity index (χ3n) is 5.15. The van der Waals surface area contributed by atoms with Crippen molar-refractivity contribution in [2.24, 2.45) is 0 Å². The van der Waals surface area contributed by atoms with Crippen LogP contribution < -0.4 is 10.2 Å². The van der Waals surface area contributed by atoms with Gasteiger partial charge in [-0.3, -0.25) is 0 Å². The molecule has 146 valence electrons. The minimum atomic E-state index is -0.0285. The summed E-state index contributed by atoms with van der Waals surface area (Å²) in [4.78, 5) is 25.2. The first-order chi connectivity index (χ1) is 13.6. The molecule has 28 heavy (non-hydrogen) atoms. The summed E-state index contributed by atoms with van der Waals surface area (Å²) >= 11 is 0. The standard InChI is InChI=1S/C21H25N5O2/c1-25(2)19-13-15(7-10-22-19)14-23-21(27)26-11-8-16(9-12-26)20-24-17-5-3-4-6-18(17)28-20/h3-7,10,13,16H,8-9,11-12,14H2,1-2H3,(H,23,27). The number of piperidine rings is 1. The van der Waals surface area contributed by atoms with Crippen LogP contribution in [0.15, 0.2) is 47.0 Å². The number of carbonyl (C=O) groups excluding carboxylic acids is 1. The molecule has 7 nitrogen and oxygen atoms in total. The van der Waals surface area contributed by atoms with Crippen LogP contribution in [0.25, 0.3) is 11.1 Å². The number of anilines is 1. The zero-order valence-electron chi connectivity index (χ0n) is 16.3. The molecule has 0 aliphatic carbocycles. The van der Waals surface area contributed by atoms with Crippen LogP contribution in [-0.4, -0.2) is 48.1 Å². The van der Waals surface area contributed by atoms with Crippen molar-refractivity contribution in [3.8, 4) is 0 Å². The van der Waals surface area contributed by atoms with Crippen LogP contribution in [-0.2, 0) is 6.54 Å². The number of nitrogens with zero attached hydrogens (tertiary/aromatic N) is 4. The van der Waals surface area contributed by atoms with Gasteiger partial charge in [0.05, 0.1) is 0 Å². The number of urea groups is 1. The zero-order chi connectivity index (χ0) is 19.5. The second kappa shape index (κ2) is 7.88. The van der Waals surface area contributed by atoms with Crippen LogP contribution >= 0.6 is 0 Å². The van der Waals surface area contributed by atoms with E-state index in [2.05, 4.69) is 15.3 Å². The summed E-state index contributed by atoms with van der Waals surface area (Å²) < 4.78 is 5.90. The Hall–Kier alpha value is -3.09. The van der Waals surface area contributed by atoms with E-state index in [-0.39, 0.29) is 11.9 Å². The van der Waals surface area contributed by atoms with Gasteiger partial charge in [-0.1, -0.05) is 12.1 Å². The molecule has 2 aromatic heterocycles. The maximum Gasteiger partial charge on any atom is 0.317 e. The molecule has 0 spiro atoms. The Morgan fingerprint density at radius 3 is 2.79 bits per heavy atom. The lowest BCUT2D eigenvalue weighted by Crippen LogP contribution is -2.43. The van der Waals surface area contributed by atoms with E-state index >= 15 is 0 Å². The lowest BCUT2D eigenvalue weighted by molar-refractivity contribution is 0.177. The van der Waals surface area contributed by atoms with Gasteiger partial charge in [0.1, 0.15) is 11.3 Å². The lowest BCUT2D eigenvalue weighted by atomic mass is 9.97. The largest absolute Gasteiger partial charge is 0.440 e. The molecule has 0 bridgehead atoms. The first kappa shape index (κ1) is 18.3. The Kier molecular flexibility index (Phi) is 5.14. The highest BCUT2D eigenvalue weighted by Crippen LogP contribution is 2.29. The predicted octanol–water partition coefficient (Wildman–Crippen LogP) is 3.38. The molecule has 4 rings (SSSR count). The highest BCUT2D eigenvalue weighted by atomic mass is 16.3. The zero-order valence-corrected chi connectivity index (χ0v) is 16.3. The number of benzene rings is 1. The van der Waals surface area contributed by atoms with Crippen molar-refractivity contribution in [1.82, 2.24) is 20.2 Å². The summed E-state index contributed by atoms with van der Waals surface area (Å²) in [6.45, 7) is 1.90. The molecule has 1 aliphatic rings. The fourth-order valence-corrected chi connectivity index (χ4v) is 3.50. The van der Waals surface area contributed by atoms with Gasteiger partial charge in [-0.15, -0.1) is 0 Å². The first-order valence-corrected chi connectivity index (χ1v) is 9.60. The Labute approximate surface area is 164 Å². The molecule has 0 atom stereocenters. The maximum atomic E-state index is 12.5. The molecule has 1 N–H and O–H groups in total. The van der Waals surface area contributed by atoms with Gasteiger partial charge in [-0.2, -0.15) is 0 Å². The molecule has 0 radical (unpaired) electrons. The third-order valence-corrected chi connectivity index (χ3v) is 5.15. The van der Waals surface area contributed by atoms with Crippen molar-refractivity contribution in [1.29, 1.82) is 0 Å². The molecule has 7 heteroatoms. The fraction of sp³-hybridized carbons (Fsp3) is 0.381. The number of oxazole rings is 1. The van der Waals surface area contributed by atoms with Gasteiger partial charge in [0.15, 0.2) is 11.5 Å². The van der Waals surface area contributed by atoms with Crippen LogP contribution in [0.1, 0.15) is 30.2 Å². The van der Waals surface area contributed by atoms with Crippen molar-refractivity contribution >= 4 is 22.9 Å². The van der Waals surface area contributed by atoms with Gasteiger partial charge in [0.2, 0.25) is 0 Å². The number of nitrogens with one attached hydrogen (secondary N) is 1. The average Bonchev–Trinajstić information content (AvgIpc) is 3.16. The monoisotopic (exact) mass is 379 g/mol. The van der Waals surface area contributed by atoms with Crippen LogP contribution in [0.5, 0.6) is 0 Å². The number of hydrogen-bond acceptors (Lipinski definition) is 5. The van der Waals surface area contributed by atoms with E-state index in [0.717, 1.165) is 41.2 Å². The molecule has 3 aromatic rings. The minimum Gasteiger partial charge on any atom is -0.440 e. The van der Waals surface area contributed by atoms with Gasteiger partial charge >= 0.3 is 6.03 Å². The van der Waals surface area contributed by atoms with Gasteiger partial charge in [-0.05, 0) is 42.7 Å². The van der Waals surface area contributed by atoms with Crippen molar-refractivity contribution < 1.29 is 9.21 Å². The predicted molar refractivity (Wildman–Crippen MR) is 108 cm³/mol.